The number of furan rings is 1. The van der Waals surface area contributed by atoms with Crippen molar-refractivity contribution in [3.63, 3.8) is 0 Å². The Balaban J connectivity index is 1.77. The first-order valence-electron chi connectivity index (χ1n) is 9.31. The lowest BCUT2D eigenvalue weighted by atomic mass is 9.95. The van der Waals surface area contributed by atoms with Crippen molar-refractivity contribution < 1.29 is 4.42 Å². The van der Waals surface area contributed by atoms with Crippen molar-refractivity contribution in [1.82, 2.24) is 0 Å². The van der Waals surface area contributed by atoms with Gasteiger partial charge in [-0.2, -0.15) is 0 Å². The van der Waals surface area contributed by atoms with Crippen LogP contribution >= 0.6 is 11.6 Å². The lowest BCUT2D eigenvalue weighted by molar-refractivity contribution is 0.670. The molecule has 1 aromatic heterocycles. The summed E-state index contributed by atoms with van der Waals surface area (Å²) in [7, 11) is 0. The number of hydrogen-bond donors (Lipinski definition) is 0. The third-order valence-electron chi connectivity index (χ3n) is 5.48. The normalized spacial score (nSPS) is 11.8. The zero-order valence-electron chi connectivity index (χ0n) is 14.9. The first-order valence-corrected chi connectivity index (χ1v) is 9.68. The van der Waals surface area contributed by atoms with Crippen molar-refractivity contribution in [1.29, 1.82) is 0 Å². The van der Waals surface area contributed by atoms with Gasteiger partial charge < -0.3 is 4.42 Å². The van der Waals surface area contributed by atoms with Crippen LogP contribution in [0.25, 0.3) is 54.6 Å². The Hall–Kier alpha value is -3.29. The minimum Gasteiger partial charge on any atom is -0.455 e. The van der Waals surface area contributed by atoms with E-state index in [1.165, 1.54) is 21.5 Å². The largest absolute Gasteiger partial charge is 0.455 e. The molecule has 5 aromatic carbocycles. The number of hydrogen-bond acceptors (Lipinski definition) is 1. The molecule has 0 fully saturated rings. The topological polar surface area (TPSA) is 13.1 Å². The highest BCUT2D eigenvalue weighted by molar-refractivity contribution is 6.31. The highest BCUT2D eigenvalue weighted by Gasteiger charge is 2.16. The maximum Gasteiger partial charge on any atom is 0.143 e. The quantitative estimate of drug-likeness (QED) is 0.281. The number of halogens is 1. The molecule has 28 heavy (non-hydrogen) atoms. The molecule has 0 aliphatic carbocycles. The molecular formula is C26H15ClO. The Morgan fingerprint density at radius 3 is 2.32 bits per heavy atom. The van der Waals surface area contributed by atoms with Crippen LogP contribution in [0.1, 0.15) is 0 Å². The van der Waals surface area contributed by atoms with Crippen molar-refractivity contribution >= 4 is 55.1 Å². The van der Waals surface area contributed by atoms with Crippen LogP contribution in [0.5, 0.6) is 0 Å². The van der Waals surface area contributed by atoms with E-state index in [0.29, 0.717) is 0 Å². The van der Waals surface area contributed by atoms with E-state index in [2.05, 4.69) is 66.7 Å². The molecule has 0 saturated heterocycles. The van der Waals surface area contributed by atoms with Crippen LogP contribution in [0.2, 0.25) is 5.02 Å². The van der Waals surface area contributed by atoms with Crippen LogP contribution < -0.4 is 0 Å². The van der Waals surface area contributed by atoms with E-state index in [0.717, 1.165) is 38.1 Å². The van der Waals surface area contributed by atoms with E-state index < -0.39 is 0 Å². The molecule has 1 heterocycles. The van der Waals surface area contributed by atoms with E-state index in [-0.39, 0.29) is 0 Å². The summed E-state index contributed by atoms with van der Waals surface area (Å²) in [4.78, 5) is 0. The van der Waals surface area contributed by atoms with Crippen molar-refractivity contribution in [2.75, 3.05) is 0 Å². The fourth-order valence-corrected chi connectivity index (χ4v) is 4.35. The van der Waals surface area contributed by atoms with Crippen molar-refractivity contribution in [2.24, 2.45) is 0 Å². The zero-order valence-corrected chi connectivity index (χ0v) is 15.7. The number of rotatable bonds is 1. The molecule has 1 nitrogen and oxygen atoms in total. The van der Waals surface area contributed by atoms with Gasteiger partial charge in [0.25, 0.3) is 0 Å². The Labute approximate surface area is 166 Å². The van der Waals surface area contributed by atoms with Crippen LogP contribution in [0.3, 0.4) is 0 Å². The summed E-state index contributed by atoms with van der Waals surface area (Å²) in [5.74, 6) is 0. The van der Waals surface area contributed by atoms with Gasteiger partial charge in [0.05, 0.1) is 0 Å². The van der Waals surface area contributed by atoms with E-state index >= 15 is 0 Å². The van der Waals surface area contributed by atoms with Gasteiger partial charge in [-0.05, 0) is 57.4 Å². The minimum atomic E-state index is 0.747. The van der Waals surface area contributed by atoms with Gasteiger partial charge in [0.2, 0.25) is 0 Å². The lowest BCUT2D eigenvalue weighted by Crippen LogP contribution is -1.83. The molecule has 0 radical (unpaired) electrons. The van der Waals surface area contributed by atoms with Crippen LogP contribution in [0, 0.1) is 0 Å². The maximum atomic E-state index is 6.36. The standard InChI is InChI=1S/C26H15ClO/c27-20-12-11-16-9-10-18(13-19(16)14-20)23-15-17-5-1-2-6-21(17)25-22-7-3-4-8-24(22)28-26(23)25/h1-15H. The summed E-state index contributed by atoms with van der Waals surface area (Å²) in [6.07, 6.45) is 0. The highest BCUT2D eigenvalue weighted by Crippen LogP contribution is 2.41. The molecule has 0 saturated carbocycles. The van der Waals surface area contributed by atoms with Gasteiger partial charge in [-0.15, -0.1) is 0 Å². The van der Waals surface area contributed by atoms with Crippen molar-refractivity contribution in [3.8, 4) is 11.1 Å². The van der Waals surface area contributed by atoms with Crippen LogP contribution in [0.4, 0.5) is 0 Å². The summed E-state index contributed by atoms with van der Waals surface area (Å²) in [5, 5.41) is 7.81. The second kappa shape index (κ2) is 5.85. The van der Waals surface area contributed by atoms with Gasteiger partial charge in [0, 0.05) is 21.4 Å². The summed E-state index contributed by atoms with van der Waals surface area (Å²) in [5.41, 5.74) is 4.08. The highest BCUT2D eigenvalue weighted by atomic mass is 35.5. The minimum absolute atomic E-state index is 0.747. The van der Waals surface area contributed by atoms with Gasteiger partial charge in [-0.25, -0.2) is 0 Å². The van der Waals surface area contributed by atoms with Crippen LogP contribution in [-0.4, -0.2) is 0 Å². The molecule has 6 rings (SSSR count). The Morgan fingerprint density at radius 2 is 1.39 bits per heavy atom. The molecule has 0 amide bonds. The average molecular weight is 379 g/mol. The summed E-state index contributed by atoms with van der Waals surface area (Å²) in [6, 6.07) is 31.5. The molecule has 0 unspecified atom stereocenters. The second-order valence-corrected chi connectivity index (χ2v) is 7.59. The SMILES string of the molecule is Clc1ccc2ccc(-c3cc4ccccc4c4c3oc3ccccc34)cc2c1. The predicted molar refractivity (Wildman–Crippen MR) is 119 cm³/mol. The fourth-order valence-electron chi connectivity index (χ4n) is 4.17. The number of benzene rings is 5. The molecule has 0 atom stereocenters. The zero-order chi connectivity index (χ0) is 18.7. The number of para-hydroxylation sites is 1. The average Bonchev–Trinajstić information content (AvgIpc) is 3.12. The summed E-state index contributed by atoms with van der Waals surface area (Å²) >= 11 is 6.23. The molecule has 0 aliphatic heterocycles. The lowest BCUT2D eigenvalue weighted by Gasteiger charge is -2.08. The third kappa shape index (κ3) is 2.27. The van der Waals surface area contributed by atoms with Gasteiger partial charge >= 0.3 is 0 Å². The van der Waals surface area contributed by atoms with Crippen LogP contribution in [0.15, 0.2) is 95.4 Å². The molecule has 0 aliphatic rings. The maximum absolute atomic E-state index is 6.36. The molecular weight excluding hydrogens is 364 g/mol. The Bertz CT molecular complexity index is 1520. The fraction of sp³-hybridized carbons (Fsp3) is 0. The molecule has 0 bridgehead atoms. The first-order chi connectivity index (χ1) is 13.8. The molecule has 0 N–H and O–H groups in total. The Morgan fingerprint density at radius 1 is 0.607 bits per heavy atom. The molecule has 2 heteroatoms. The smallest absolute Gasteiger partial charge is 0.143 e. The van der Waals surface area contributed by atoms with Crippen molar-refractivity contribution in [2.45, 2.75) is 0 Å². The van der Waals surface area contributed by atoms with E-state index in [4.69, 9.17) is 16.0 Å². The Kier molecular flexibility index (Phi) is 3.29. The molecule has 0 spiro atoms. The van der Waals surface area contributed by atoms with Crippen LogP contribution in [-0.2, 0) is 0 Å². The van der Waals surface area contributed by atoms with E-state index in [9.17, 15) is 0 Å². The summed E-state index contributed by atoms with van der Waals surface area (Å²) < 4.78 is 6.36. The van der Waals surface area contributed by atoms with Gasteiger partial charge in [-0.3, -0.25) is 0 Å². The monoisotopic (exact) mass is 378 g/mol. The number of fused-ring (bicyclic) bond motifs is 6. The predicted octanol–water partition coefficient (Wildman–Crippen LogP) is 8.21. The van der Waals surface area contributed by atoms with E-state index in [1.54, 1.807) is 0 Å². The van der Waals surface area contributed by atoms with Gasteiger partial charge in [0.15, 0.2) is 0 Å². The van der Waals surface area contributed by atoms with E-state index in [1.807, 2.05) is 24.3 Å². The second-order valence-electron chi connectivity index (χ2n) is 7.15. The first kappa shape index (κ1) is 15.7. The van der Waals surface area contributed by atoms with Crippen molar-refractivity contribution in [3.05, 3.63) is 96.0 Å². The van der Waals surface area contributed by atoms with Gasteiger partial charge in [0.1, 0.15) is 11.2 Å². The molecule has 6 aromatic rings. The summed E-state index contributed by atoms with van der Waals surface area (Å²) in [6.45, 7) is 0. The molecule has 132 valence electrons. The third-order valence-corrected chi connectivity index (χ3v) is 5.72. The van der Waals surface area contributed by atoms with Gasteiger partial charge in [-0.1, -0.05) is 72.3 Å².